The summed E-state index contributed by atoms with van der Waals surface area (Å²) in [6, 6.07) is 8.25. The normalized spacial score (nSPS) is 11.1. The van der Waals surface area contributed by atoms with E-state index < -0.39 is 0 Å². The van der Waals surface area contributed by atoms with Gasteiger partial charge < -0.3 is 9.47 Å². The molecule has 90 valence electrons. The average Bonchev–Trinajstić information content (AvgIpc) is 2.75. The van der Waals surface area contributed by atoms with Crippen molar-refractivity contribution in [2.75, 3.05) is 20.6 Å². The van der Waals surface area contributed by atoms with Crippen LogP contribution >= 0.6 is 15.9 Å². The first-order valence-electron chi connectivity index (χ1n) is 5.58. The Bertz CT molecular complexity index is 474. The summed E-state index contributed by atoms with van der Waals surface area (Å²) in [5, 5.41) is 0. The first-order chi connectivity index (χ1) is 8.16. The van der Waals surface area contributed by atoms with Gasteiger partial charge in [0.25, 0.3) is 0 Å². The van der Waals surface area contributed by atoms with E-state index in [1.54, 1.807) is 0 Å². The second-order valence-electron chi connectivity index (χ2n) is 4.25. The fourth-order valence-electron chi connectivity index (χ4n) is 1.66. The van der Waals surface area contributed by atoms with Crippen molar-refractivity contribution in [1.82, 2.24) is 14.5 Å². The maximum Gasteiger partial charge on any atom is 0.139 e. The van der Waals surface area contributed by atoms with Crippen LogP contribution in [0.25, 0.3) is 11.4 Å². The van der Waals surface area contributed by atoms with E-state index in [1.807, 2.05) is 24.5 Å². The highest BCUT2D eigenvalue weighted by atomic mass is 79.9. The number of hydrogen-bond donors (Lipinski definition) is 0. The second kappa shape index (κ2) is 5.47. The van der Waals surface area contributed by atoms with E-state index in [1.165, 1.54) is 0 Å². The van der Waals surface area contributed by atoms with Crippen LogP contribution in [0.1, 0.15) is 0 Å². The number of imidazole rings is 1. The van der Waals surface area contributed by atoms with Crippen molar-refractivity contribution >= 4 is 15.9 Å². The summed E-state index contributed by atoms with van der Waals surface area (Å²) >= 11 is 3.44. The van der Waals surface area contributed by atoms with Crippen LogP contribution in [0.4, 0.5) is 0 Å². The first kappa shape index (κ1) is 12.3. The summed E-state index contributed by atoms with van der Waals surface area (Å²) in [7, 11) is 4.16. The van der Waals surface area contributed by atoms with Gasteiger partial charge in [-0.25, -0.2) is 4.98 Å². The van der Waals surface area contributed by atoms with Gasteiger partial charge in [-0.05, 0) is 26.2 Å². The molecule has 0 amide bonds. The summed E-state index contributed by atoms with van der Waals surface area (Å²) in [4.78, 5) is 6.60. The van der Waals surface area contributed by atoms with Gasteiger partial charge >= 0.3 is 0 Å². The van der Waals surface area contributed by atoms with E-state index >= 15 is 0 Å². The van der Waals surface area contributed by atoms with Crippen molar-refractivity contribution in [2.45, 2.75) is 6.54 Å². The number of nitrogens with zero attached hydrogens (tertiary/aromatic N) is 3. The van der Waals surface area contributed by atoms with Gasteiger partial charge in [-0.1, -0.05) is 28.1 Å². The Morgan fingerprint density at radius 2 is 1.94 bits per heavy atom. The lowest BCUT2D eigenvalue weighted by atomic mass is 10.2. The highest BCUT2D eigenvalue weighted by Crippen LogP contribution is 2.20. The van der Waals surface area contributed by atoms with Gasteiger partial charge in [-0.3, -0.25) is 0 Å². The van der Waals surface area contributed by atoms with Crippen LogP contribution in [0, 0.1) is 0 Å². The average molecular weight is 294 g/mol. The standard InChI is InChI=1S/C13H16BrN3/c1-16(2)9-10-17-8-7-15-13(17)11-3-5-12(14)6-4-11/h3-8H,9-10H2,1-2H3. The van der Waals surface area contributed by atoms with Crippen molar-refractivity contribution in [3.05, 3.63) is 41.1 Å². The van der Waals surface area contributed by atoms with Crippen LogP contribution in [0.5, 0.6) is 0 Å². The molecule has 0 spiro atoms. The van der Waals surface area contributed by atoms with Gasteiger partial charge in [0.1, 0.15) is 5.82 Å². The highest BCUT2D eigenvalue weighted by molar-refractivity contribution is 9.10. The lowest BCUT2D eigenvalue weighted by Gasteiger charge is -2.12. The maximum atomic E-state index is 4.42. The van der Waals surface area contributed by atoms with Gasteiger partial charge in [0.15, 0.2) is 0 Å². The SMILES string of the molecule is CN(C)CCn1ccnc1-c1ccc(Br)cc1. The predicted octanol–water partition coefficient (Wildman–Crippen LogP) is 2.87. The van der Waals surface area contributed by atoms with Gasteiger partial charge in [-0.15, -0.1) is 0 Å². The molecule has 2 aromatic rings. The molecule has 2 rings (SSSR count). The predicted molar refractivity (Wildman–Crippen MR) is 73.9 cm³/mol. The summed E-state index contributed by atoms with van der Waals surface area (Å²) < 4.78 is 3.27. The number of hydrogen-bond acceptors (Lipinski definition) is 2. The Balaban J connectivity index is 2.21. The number of likely N-dealkylation sites (N-methyl/N-ethyl adjacent to an activating group) is 1. The Labute approximate surface area is 110 Å². The third kappa shape index (κ3) is 3.17. The summed E-state index contributed by atoms with van der Waals surface area (Å²) in [6.45, 7) is 1.97. The van der Waals surface area contributed by atoms with Gasteiger partial charge in [0.2, 0.25) is 0 Å². The second-order valence-corrected chi connectivity index (χ2v) is 5.17. The fraction of sp³-hybridized carbons (Fsp3) is 0.308. The third-order valence-electron chi connectivity index (χ3n) is 2.61. The molecule has 17 heavy (non-hydrogen) atoms. The topological polar surface area (TPSA) is 21.1 Å². The van der Waals surface area contributed by atoms with E-state index in [2.05, 4.69) is 56.6 Å². The smallest absolute Gasteiger partial charge is 0.139 e. The van der Waals surface area contributed by atoms with Crippen LogP contribution < -0.4 is 0 Å². The van der Waals surface area contributed by atoms with Crippen LogP contribution in [-0.2, 0) is 6.54 Å². The number of halogens is 1. The van der Waals surface area contributed by atoms with Crippen LogP contribution in [-0.4, -0.2) is 35.1 Å². The van der Waals surface area contributed by atoms with Gasteiger partial charge in [0.05, 0.1) is 0 Å². The fourth-order valence-corrected chi connectivity index (χ4v) is 1.92. The first-order valence-corrected chi connectivity index (χ1v) is 6.38. The van der Waals surface area contributed by atoms with Crippen molar-refractivity contribution in [1.29, 1.82) is 0 Å². The lowest BCUT2D eigenvalue weighted by Crippen LogP contribution is -2.18. The van der Waals surface area contributed by atoms with Crippen LogP contribution in [0.2, 0.25) is 0 Å². The largest absolute Gasteiger partial charge is 0.330 e. The molecule has 1 aromatic carbocycles. The summed E-state index contributed by atoms with van der Waals surface area (Å²) in [5.41, 5.74) is 1.15. The Morgan fingerprint density at radius 3 is 2.59 bits per heavy atom. The van der Waals surface area contributed by atoms with Crippen molar-refractivity contribution < 1.29 is 0 Å². The van der Waals surface area contributed by atoms with Crippen LogP contribution in [0.3, 0.4) is 0 Å². The highest BCUT2D eigenvalue weighted by Gasteiger charge is 2.05. The zero-order valence-corrected chi connectivity index (χ0v) is 11.7. The monoisotopic (exact) mass is 293 g/mol. The Kier molecular flexibility index (Phi) is 3.97. The Morgan fingerprint density at radius 1 is 1.24 bits per heavy atom. The van der Waals surface area contributed by atoms with Crippen LogP contribution in [0.15, 0.2) is 41.1 Å². The zero-order chi connectivity index (χ0) is 12.3. The molecule has 0 saturated heterocycles. The molecule has 0 unspecified atom stereocenters. The van der Waals surface area contributed by atoms with E-state index in [0.29, 0.717) is 0 Å². The molecule has 0 N–H and O–H groups in total. The minimum atomic E-state index is 0.957. The van der Waals surface area contributed by atoms with E-state index in [0.717, 1.165) is 29.0 Å². The third-order valence-corrected chi connectivity index (χ3v) is 3.13. The maximum absolute atomic E-state index is 4.42. The van der Waals surface area contributed by atoms with E-state index in [-0.39, 0.29) is 0 Å². The van der Waals surface area contributed by atoms with Gasteiger partial charge in [0, 0.05) is 35.5 Å². The number of rotatable bonds is 4. The molecule has 0 aliphatic carbocycles. The quantitative estimate of drug-likeness (QED) is 0.864. The molecule has 0 bridgehead atoms. The molecule has 0 radical (unpaired) electrons. The minimum absolute atomic E-state index is 0.957. The molecular weight excluding hydrogens is 278 g/mol. The van der Waals surface area contributed by atoms with Crippen molar-refractivity contribution in [3.63, 3.8) is 0 Å². The van der Waals surface area contributed by atoms with E-state index in [4.69, 9.17) is 0 Å². The van der Waals surface area contributed by atoms with Gasteiger partial charge in [-0.2, -0.15) is 0 Å². The molecule has 0 saturated carbocycles. The summed E-state index contributed by atoms with van der Waals surface area (Å²) in [6.07, 6.45) is 3.88. The minimum Gasteiger partial charge on any atom is -0.330 e. The molecule has 0 atom stereocenters. The lowest BCUT2D eigenvalue weighted by molar-refractivity contribution is 0.385. The molecule has 0 aliphatic heterocycles. The molecule has 3 nitrogen and oxygen atoms in total. The molecule has 1 aromatic heterocycles. The van der Waals surface area contributed by atoms with Crippen molar-refractivity contribution in [2.24, 2.45) is 0 Å². The number of benzene rings is 1. The van der Waals surface area contributed by atoms with E-state index in [9.17, 15) is 0 Å². The molecule has 0 aliphatic rings. The molecular formula is C13H16BrN3. The molecule has 0 fully saturated rings. The number of aromatic nitrogens is 2. The van der Waals surface area contributed by atoms with Crippen molar-refractivity contribution in [3.8, 4) is 11.4 Å². The Hall–Kier alpha value is -1.13. The molecule has 1 heterocycles. The zero-order valence-electron chi connectivity index (χ0n) is 10.1. The molecule has 4 heteroatoms. The summed E-state index contributed by atoms with van der Waals surface area (Å²) in [5.74, 6) is 1.03.